The summed E-state index contributed by atoms with van der Waals surface area (Å²) < 4.78 is 4.76. The number of hydrogen-bond acceptors (Lipinski definition) is 4. The Bertz CT molecular complexity index is 1770. The molecule has 2 aromatic heterocycles. The van der Waals surface area contributed by atoms with Crippen LogP contribution in [-0.4, -0.2) is 18.8 Å². The third kappa shape index (κ3) is 2.91. The van der Waals surface area contributed by atoms with E-state index in [9.17, 15) is 14.7 Å². The lowest BCUT2D eigenvalue weighted by molar-refractivity contribution is 0.465. The molecule has 1 unspecified atom stereocenters. The van der Waals surface area contributed by atoms with Gasteiger partial charge in [0, 0.05) is 19.7 Å². The Labute approximate surface area is 201 Å². The molecule has 0 spiro atoms. The van der Waals surface area contributed by atoms with E-state index in [1.54, 1.807) is 19.2 Å². The number of rotatable bonds is 2. The van der Waals surface area contributed by atoms with Crippen molar-refractivity contribution < 1.29 is 5.11 Å². The first kappa shape index (κ1) is 21.0. The Morgan fingerprint density at radius 2 is 1.63 bits per heavy atom. The minimum Gasteiger partial charge on any atom is -0.508 e. The fourth-order valence-electron chi connectivity index (χ4n) is 5.25. The molecule has 0 aliphatic carbocycles. The first-order valence-electron chi connectivity index (χ1n) is 11.4. The summed E-state index contributed by atoms with van der Waals surface area (Å²) in [4.78, 5) is 26.8. The van der Waals surface area contributed by atoms with E-state index in [0.29, 0.717) is 16.5 Å². The van der Waals surface area contributed by atoms with E-state index < -0.39 is 11.7 Å². The molecule has 5 aromatic rings. The van der Waals surface area contributed by atoms with Gasteiger partial charge in [0.15, 0.2) is 0 Å². The van der Waals surface area contributed by atoms with Gasteiger partial charge in [0.2, 0.25) is 0 Å². The monoisotopic (exact) mass is 464 g/mol. The maximum atomic E-state index is 13.7. The molecule has 1 atom stereocenters. The maximum Gasteiger partial charge on any atom is 0.331 e. The molecule has 6 rings (SSSR count). The third-order valence-corrected chi connectivity index (χ3v) is 6.87. The summed E-state index contributed by atoms with van der Waals surface area (Å²) in [5, 5.41) is 14.8. The number of hydrogen-bond donors (Lipinski definition) is 2. The van der Waals surface area contributed by atoms with E-state index in [4.69, 9.17) is 0 Å². The van der Waals surface area contributed by atoms with Crippen LogP contribution in [0.1, 0.15) is 22.9 Å². The van der Waals surface area contributed by atoms with Crippen molar-refractivity contribution in [1.29, 1.82) is 0 Å². The summed E-state index contributed by atoms with van der Waals surface area (Å²) in [5.41, 5.74) is 5.59. The van der Waals surface area contributed by atoms with Crippen LogP contribution in [-0.2, 0) is 14.1 Å². The number of phenols is 1. The van der Waals surface area contributed by atoms with Gasteiger partial charge in [-0.2, -0.15) is 0 Å². The zero-order valence-electron chi connectivity index (χ0n) is 19.6. The average molecular weight is 465 g/mol. The second kappa shape index (κ2) is 7.50. The number of aromatic hydroxyl groups is 1. The molecule has 3 heterocycles. The highest BCUT2D eigenvalue weighted by molar-refractivity contribution is 5.99. The Morgan fingerprint density at radius 3 is 2.40 bits per heavy atom. The van der Waals surface area contributed by atoms with Crippen molar-refractivity contribution in [3.05, 3.63) is 110 Å². The van der Waals surface area contributed by atoms with Crippen LogP contribution in [0.15, 0.2) is 82.4 Å². The minimum atomic E-state index is -0.495. The number of nitrogens with one attached hydrogen (secondary N) is 1. The Morgan fingerprint density at radius 1 is 0.886 bits per heavy atom. The van der Waals surface area contributed by atoms with E-state index >= 15 is 0 Å². The normalized spacial score (nSPS) is 14.4. The van der Waals surface area contributed by atoms with E-state index in [-0.39, 0.29) is 11.3 Å². The van der Waals surface area contributed by atoms with E-state index in [2.05, 4.69) is 9.88 Å². The molecular formula is C28H24N4O3. The topological polar surface area (TPSA) is 81.2 Å². The number of aryl methyl sites for hydroxylation is 2. The highest BCUT2D eigenvalue weighted by atomic mass is 16.3. The molecular weight excluding hydrogens is 440 g/mol. The van der Waals surface area contributed by atoms with Crippen LogP contribution in [0.2, 0.25) is 0 Å². The standard InChI is InChI=1S/C28H24N4O3/c1-16-9-8-10-17(15-16)24-22-25(30(2)28(35)31(3)27(22)34)26-23(18-11-4-7-14-21(18)33)29-19-12-5-6-13-20(19)32(24)26/h4-15,23,29,33H,1-3H3. The van der Waals surface area contributed by atoms with Crippen LogP contribution in [0.4, 0.5) is 5.69 Å². The molecule has 1 aliphatic rings. The molecule has 0 amide bonds. The van der Waals surface area contributed by atoms with Crippen LogP contribution < -0.4 is 16.6 Å². The quantitative estimate of drug-likeness (QED) is 0.410. The van der Waals surface area contributed by atoms with Crippen molar-refractivity contribution in [2.75, 3.05) is 5.32 Å². The van der Waals surface area contributed by atoms with E-state index in [0.717, 1.165) is 38.5 Å². The number of phenolic OH excluding ortho intramolecular Hbond substituents is 1. The first-order chi connectivity index (χ1) is 16.9. The third-order valence-electron chi connectivity index (χ3n) is 6.87. The van der Waals surface area contributed by atoms with Crippen LogP contribution >= 0.6 is 0 Å². The fourth-order valence-corrected chi connectivity index (χ4v) is 5.25. The Kier molecular flexibility index (Phi) is 4.51. The summed E-state index contributed by atoms with van der Waals surface area (Å²) in [7, 11) is 3.20. The van der Waals surface area contributed by atoms with Crippen molar-refractivity contribution >= 4 is 16.6 Å². The van der Waals surface area contributed by atoms with Gasteiger partial charge in [0.05, 0.1) is 39.7 Å². The molecule has 3 aromatic carbocycles. The van der Waals surface area contributed by atoms with Gasteiger partial charge in [-0.25, -0.2) is 4.79 Å². The molecule has 0 bridgehead atoms. The second-order valence-electron chi connectivity index (χ2n) is 9.02. The fraction of sp³-hybridized carbons (Fsp3) is 0.143. The maximum absolute atomic E-state index is 13.7. The van der Waals surface area contributed by atoms with Gasteiger partial charge in [-0.15, -0.1) is 0 Å². The summed E-state index contributed by atoms with van der Waals surface area (Å²) in [6.07, 6.45) is 0. The molecule has 7 nitrogen and oxygen atoms in total. The molecule has 35 heavy (non-hydrogen) atoms. The van der Waals surface area contributed by atoms with Crippen LogP contribution in [0.5, 0.6) is 5.75 Å². The Hall–Kier alpha value is -4.52. The number of aromatic nitrogens is 3. The number of anilines is 1. The zero-order chi connectivity index (χ0) is 24.4. The Balaban J connectivity index is 1.89. The van der Waals surface area contributed by atoms with Crippen LogP contribution in [0.25, 0.3) is 27.8 Å². The molecule has 0 radical (unpaired) electrons. The number of nitrogens with zero attached hydrogens (tertiary/aromatic N) is 3. The van der Waals surface area contributed by atoms with Gasteiger partial charge >= 0.3 is 5.69 Å². The molecule has 7 heteroatoms. The lowest BCUT2D eigenvalue weighted by Crippen LogP contribution is -2.37. The van der Waals surface area contributed by atoms with Crippen molar-refractivity contribution in [3.63, 3.8) is 0 Å². The van der Waals surface area contributed by atoms with Crippen molar-refractivity contribution in [1.82, 2.24) is 13.7 Å². The van der Waals surface area contributed by atoms with Crippen LogP contribution in [0.3, 0.4) is 0 Å². The highest BCUT2D eigenvalue weighted by Crippen LogP contribution is 2.46. The highest BCUT2D eigenvalue weighted by Gasteiger charge is 2.35. The SMILES string of the molecule is Cc1cccc(-c2c3c(=O)n(C)c(=O)n(C)c3c3n2-c2ccccc2NC3c2ccccc2O)c1. The minimum absolute atomic E-state index is 0.135. The number of fused-ring (bicyclic) bond motifs is 5. The predicted octanol–water partition coefficient (Wildman–Crippen LogP) is 4.22. The lowest BCUT2D eigenvalue weighted by atomic mass is 9.98. The lowest BCUT2D eigenvalue weighted by Gasteiger charge is -2.31. The van der Waals surface area contributed by atoms with Gasteiger partial charge in [0.1, 0.15) is 5.75 Å². The van der Waals surface area contributed by atoms with Crippen molar-refractivity contribution in [3.8, 4) is 22.7 Å². The summed E-state index contributed by atoms with van der Waals surface area (Å²) in [6.45, 7) is 2.01. The van der Waals surface area contributed by atoms with Gasteiger partial charge < -0.3 is 15.0 Å². The van der Waals surface area contributed by atoms with Gasteiger partial charge in [-0.3, -0.25) is 13.9 Å². The van der Waals surface area contributed by atoms with Gasteiger partial charge in [-0.05, 0) is 36.8 Å². The molecule has 0 saturated carbocycles. The van der Waals surface area contributed by atoms with Crippen LogP contribution in [0, 0.1) is 6.92 Å². The predicted molar refractivity (Wildman–Crippen MR) is 138 cm³/mol. The summed E-state index contributed by atoms with van der Waals surface area (Å²) >= 11 is 0. The second-order valence-corrected chi connectivity index (χ2v) is 9.02. The number of para-hydroxylation sites is 3. The first-order valence-corrected chi connectivity index (χ1v) is 11.4. The largest absolute Gasteiger partial charge is 0.508 e. The molecule has 174 valence electrons. The summed E-state index contributed by atoms with van der Waals surface area (Å²) in [5.74, 6) is 0.135. The number of benzene rings is 3. The van der Waals surface area contributed by atoms with E-state index in [1.807, 2.05) is 67.6 Å². The van der Waals surface area contributed by atoms with Gasteiger partial charge in [0.25, 0.3) is 5.56 Å². The zero-order valence-corrected chi connectivity index (χ0v) is 19.6. The molecule has 1 aliphatic heterocycles. The average Bonchev–Trinajstić information content (AvgIpc) is 3.23. The summed E-state index contributed by atoms with van der Waals surface area (Å²) in [6, 6.07) is 22.5. The smallest absolute Gasteiger partial charge is 0.331 e. The molecule has 0 saturated heterocycles. The molecule has 0 fully saturated rings. The van der Waals surface area contributed by atoms with Gasteiger partial charge in [-0.1, -0.05) is 54.1 Å². The van der Waals surface area contributed by atoms with Crippen molar-refractivity contribution in [2.24, 2.45) is 14.1 Å². The van der Waals surface area contributed by atoms with E-state index in [1.165, 1.54) is 11.6 Å². The molecule has 2 N–H and O–H groups in total. The van der Waals surface area contributed by atoms with Crippen molar-refractivity contribution in [2.45, 2.75) is 13.0 Å².